The zero-order valence-electron chi connectivity index (χ0n) is 18.0. The Morgan fingerprint density at radius 3 is 2.48 bits per heavy atom. The zero-order chi connectivity index (χ0) is 22.7. The number of esters is 2. The minimum absolute atomic E-state index is 0.236. The number of hydrogen-bond donors (Lipinski definition) is 2. The van der Waals surface area contributed by atoms with Gasteiger partial charge >= 0.3 is 18.0 Å². The molecule has 2 aromatic rings. The van der Waals surface area contributed by atoms with Gasteiger partial charge in [0, 0.05) is 16.8 Å². The molecule has 166 valence electrons. The maximum atomic E-state index is 12.4. The van der Waals surface area contributed by atoms with E-state index in [0.29, 0.717) is 37.6 Å². The van der Waals surface area contributed by atoms with E-state index in [1.807, 2.05) is 6.92 Å². The van der Waals surface area contributed by atoms with Gasteiger partial charge in [-0.2, -0.15) is 0 Å². The van der Waals surface area contributed by atoms with E-state index < -0.39 is 12.0 Å². The molecule has 9 nitrogen and oxygen atoms in total. The number of ether oxygens (including phenoxy) is 2. The van der Waals surface area contributed by atoms with Crippen LogP contribution in [-0.4, -0.2) is 52.9 Å². The summed E-state index contributed by atoms with van der Waals surface area (Å²) in [6, 6.07) is -0.856. The van der Waals surface area contributed by atoms with Crippen molar-refractivity contribution in [1.29, 1.82) is 0 Å². The number of aryl methyl sites for hydroxylation is 2. The normalized spacial score (nSPS) is 16.2. The van der Waals surface area contributed by atoms with Crippen LogP contribution in [0.4, 0.5) is 4.79 Å². The predicted molar refractivity (Wildman–Crippen MR) is 118 cm³/mol. The van der Waals surface area contributed by atoms with Crippen molar-refractivity contribution in [2.24, 2.45) is 0 Å². The molecule has 0 saturated heterocycles. The first-order chi connectivity index (χ1) is 14.8. The van der Waals surface area contributed by atoms with E-state index in [4.69, 9.17) is 9.47 Å². The SMILES string of the molecule is CCOC(=O)C1=C(CSc2nc(C)nc3sc(C(=O)OCC)c(C)c23)NC(=O)NC1C. The average Bonchev–Trinajstić information content (AvgIpc) is 3.02. The molecule has 0 saturated carbocycles. The van der Waals surface area contributed by atoms with Crippen LogP contribution >= 0.6 is 23.1 Å². The Balaban J connectivity index is 1.98. The maximum Gasteiger partial charge on any atom is 0.348 e. The lowest BCUT2D eigenvalue weighted by Gasteiger charge is -2.26. The minimum atomic E-state index is -0.478. The summed E-state index contributed by atoms with van der Waals surface area (Å²) in [5.74, 6) is -0.00246. The number of hydrogen-bond acceptors (Lipinski definition) is 9. The Labute approximate surface area is 188 Å². The summed E-state index contributed by atoms with van der Waals surface area (Å²) in [6.45, 7) is 9.36. The van der Waals surface area contributed by atoms with E-state index >= 15 is 0 Å². The smallest absolute Gasteiger partial charge is 0.348 e. The number of aromatic nitrogens is 2. The summed E-state index contributed by atoms with van der Waals surface area (Å²) < 4.78 is 10.3. The lowest BCUT2D eigenvalue weighted by atomic mass is 10.1. The van der Waals surface area contributed by atoms with Crippen LogP contribution in [0.25, 0.3) is 10.2 Å². The maximum absolute atomic E-state index is 12.4. The standard InChI is InChI=1S/C20H24N4O5S2/c1-6-28-18(25)14-10(4)21-20(27)24-12(14)8-30-16-13-9(3)15(19(26)29-7-2)31-17(13)23-11(5)22-16/h10H,6-8H2,1-5H3,(H2,21,24,27). The second-order valence-corrected chi connectivity index (χ2v) is 8.72. The fourth-order valence-corrected chi connectivity index (χ4v) is 5.52. The molecule has 0 spiro atoms. The van der Waals surface area contributed by atoms with E-state index in [9.17, 15) is 14.4 Å². The monoisotopic (exact) mass is 464 g/mol. The molecule has 2 N–H and O–H groups in total. The summed E-state index contributed by atoms with van der Waals surface area (Å²) in [7, 11) is 0. The largest absolute Gasteiger partial charge is 0.463 e. The van der Waals surface area contributed by atoms with Gasteiger partial charge in [-0.3, -0.25) is 0 Å². The number of carbonyl (C=O) groups excluding carboxylic acids is 3. The molecule has 0 bridgehead atoms. The van der Waals surface area contributed by atoms with E-state index in [0.717, 1.165) is 10.9 Å². The van der Waals surface area contributed by atoms with E-state index in [1.165, 1.54) is 23.1 Å². The number of nitrogens with zero attached hydrogens (tertiary/aromatic N) is 2. The average molecular weight is 465 g/mol. The Hall–Kier alpha value is -2.66. The zero-order valence-corrected chi connectivity index (χ0v) is 19.6. The minimum Gasteiger partial charge on any atom is -0.463 e. The van der Waals surface area contributed by atoms with Crippen LogP contribution < -0.4 is 10.6 Å². The molecule has 3 heterocycles. The van der Waals surface area contributed by atoms with Crippen LogP contribution in [-0.2, 0) is 14.3 Å². The van der Waals surface area contributed by atoms with Crippen molar-refractivity contribution in [3.63, 3.8) is 0 Å². The third-order valence-electron chi connectivity index (χ3n) is 4.55. The molecule has 0 radical (unpaired) electrons. The van der Waals surface area contributed by atoms with E-state index in [-0.39, 0.29) is 25.2 Å². The highest BCUT2D eigenvalue weighted by Crippen LogP contribution is 2.36. The molecule has 0 fully saturated rings. The van der Waals surface area contributed by atoms with Crippen molar-refractivity contribution < 1.29 is 23.9 Å². The molecular weight excluding hydrogens is 440 g/mol. The number of thioether (sulfide) groups is 1. The Morgan fingerprint density at radius 2 is 1.81 bits per heavy atom. The quantitative estimate of drug-likeness (QED) is 0.364. The molecule has 0 aromatic carbocycles. The fraction of sp³-hybridized carbons (Fsp3) is 0.450. The predicted octanol–water partition coefficient (Wildman–Crippen LogP) is 3.10. The number of fused-ring (bicyclic) bond motifs is 1. The summed E-state index contributed by atoms with van der Waals surface area (Å²) in [5.41, 5.74) is 1.61. The second kappa shape index (κ2) is 9.65. The molecule has 2 aromatic heterocycles. The van der Waals surface area contributed by atoms with Gasteiger partial charge in [0.15, 0.2) is 0 Å². The summed E-state index contributed by atoms with van der Waals surface area (Å²) in [6.07, 6.45) is 0. The third-order valence-corrected chi connectivity index (χ3v) is 6.72. The first kappa shape index (κ1) is 23.0. The van der Waals surface area contributed by atoms with Gasteiger partial charge in [-0.05, 0) is 40.2 Å². The van der Waals surface area contributed by atoms with E-state index in [2.05, 4.69) is 20.6 Å². The van der Waals surface area contributed by atoms with Crippen LogP contribution in [0.5, 0.6) is 0 Å². The molecule has 11 heteroatoms. The van der Waals surface area contributed by atoms with Crippen molar-refractivity contribution in [3.8, 4) is 0 Å². The van der Waals surface area contributed by atoms with Gasteiger partial charge in [0.1, 0.15) is 20.6 Å². The van der Waals surface area contributed by atoms with Crippen LogP contribution in [0, 0.1) is 13.8 Å². The van der Waals surface area contributed by atoms with Crippen molar-refractivity contribution in [3.05, 3.63) is 27.5 Å². The first-order valence-electron chi connectivity index (χ1n) is 9.82. The lowest BCUT2D eigenvalue weighted by molar-refractivity contribution is -0.138. The molecular formula is C20H24N4O5S2. The number of thiophene rings is 1. The summed E-state index contributed by atoms with van der Waals surface area (Å²) in [4.78, 5) is 46.9. The number of rotatable bonds is 7. The highest BCUT2D eigenvalue weighted by molar-refractivity contribution is 7.99. The van der Waals surface area contributed by atoms with Gasteiger partial charge in [0.2, 0.25) is 0 Å². The van der Waals surface area contributed by atoms with Gasteiger partial charge in [0.25, 0.3) is 0 Å². The Kier molecular flexibility index (Phi) is 7.16. The lowest BCUT2D eigenvalue weighted by Crippen LogP contribution is -2.49. The van der Waals surface area contributed by atoms with Gasteiger partial charge in [0.05, 0.1) is 24.8 Å². The van der Waals surface area contributed by atoms with Crippen LogP contribution in [0.3, 0.4) is 0 Å². The van der Waals surface area contributed by atoms with E-state index in [1.54, 1.807) is 27.7 Å². The number of urea groups is 1. The molecule has 31 heavy (non-hydrogen) atoms. The Bertz CT molecular complexity index is 1080. The van der Waals surface area contributed by atoms with Gasteiger partial charge in [-0.15, -0.1) is 11.3 Å². The highest BCUT2D eigenvalue weighted by atomic mass is 32.2. The van der Waals surface area contributed by atoms with Crippen LogP contribution in [0.2, 0.25) is 0 Å². The van der Waals surface area contributed by atoms with Crippen molar-refractivity contribution in [2.45, 2.75) is 45.7 Å². The highest BCUT2D eigenvalue weighted by Gasteiger charge is 2.30. The molecule has 1 aliphatic heterocycles. The van der Waals surface area contributed by atoms with Gasteiger partial charge in [-0.25, -0.2) is 24.4 Å². The molecule has 2 amide bonds. The molecule has 1 atom stereocenters. The number of carbonyl (C=O) groups is 3. The summed E-state index contributed by atoms with van der Waals surface area (Å²) >= 11 is 2.63. The molecule has 0 aliphatic carbocycles. The van der Waals surface area contributed by atoms with Gasteiger partial charge < -0.3 is 20.1 Å². The number of nitrogens with one attached hydrogen (secondary N) is 2. The topological polar surface area (TPSA) is 120 Å². The van der Waals surface area contributed by atoms with Gasteiger partial charge in [-0.1, -0.05) is 11.8 Å². The van der Waals surface area contributed by atoms with Crippen molar-refractivity contribution in [2.75, 3.05) is 19.0 Å². The Morgan fingerprint density at radius 1 is 1.13 bits per heavy atom. The molecule has 3 rings (SSSR count). The van der Waals surface area contributed by atoms with Crippen LogP contribution in [0.1, 0.15) is 41.8 Å². The second-order valence-electron chi connectivity index (χ2n) is 6.75. The van der Waals surface area contributed by atoms with Crippen molar-refractivity contribution >= 4 is 51.3 Å². The van der Waals surface area contributed by atoms with Crippen molar-refractivity contribution in [1.82, 2.24) is 20.6 Å². The fourth-order valence-electron chi connectivity index (χ4n) is 3.23. The third kappa shape index (κ3) is 4.82. The molecule has 1 unspecified atom stereocenters. The first-order valence-corrected chi connectivity index (χ1v) is 11.6. The molecule has 1 aliphatic rings. The van der Waals surface area contributed by atoms with Crippen LogP contribution in [0.15, 0.2) is 16.3 Å². The summed E-state index contributed by atoms with van der Waals surface area (Å²) in [5, 5.41) is 6.84. The number of amides is 2.